The lowest BCUT2D eigenvalue weighted by molar-refractivity contribution is 0.325. The summed E-state index contributed by atoms with van der Waals surface area (Å²) in [5.74, 6) is 1.31. The number of ether oxygens (including phenoxy) is 1. The Balaban J connectivity index is 1.58. The van der Waals surface area contributed by atoms with Crippen LogP contribution in [0, 0.1) is 5.82 Å². The van der Waals surface area contributed by atoms with E-state index in [1.54, 1.807) is 18.2 Å². The third-order valence-corrected chi connectivity index (χ3v) is 4.58. The van der Waals surface area contributed by atoms with E-state index in [1.165, 1.54) is 17.8 Å². The molecule has 3 rings (SSSR count). The molecule has 2 aromatic carbocycles. The standard InChI is InChI=1S/C17H15ClFN3OS/c1-22-16(12-6-8-13(18)9-7-12)20-21-17(22)24-11-10-23-15-5-3-2-4-14(15)19/h2-9H,10-11H2,1H3. The molecule has 0 fully saturated rings. The SMILES string of the molecule is Cn1c(SCCOc2ccccc2F)nnc1-c1ccc(Cl)cc1. The van der Waals surface area contributed by atoms with Gasteiger partial charge in [-0.3, -0.25) is 0 Å². The van der Waals surface area contributed by atoms with Crippen molar-refractivity contribution in [2.45, 2.75) is 5.16 Å². The molecule has 0 aliphatic rings. The van der Waals surface area contributed by atoms with Gasteiger partial charge in [-0.05, 0) is 36.4 Å². The summed E-state index contributed by atoms with van der Waals surface area (Å²) in [6.07, 6.45) is 0. The van der Waals surface area contributed by atoms with Gasteiger partial charge in [0.1, 0.15) is 0 Å². The fourth-order valence-corrected chi connectivity index (χ4v) is 2.99. The van der Waals surface area contributed by atoms with E-state index in [0.717, 1.165) is 16.5 Å². The maximum atomic E-state index is 13.5. The molecule has 0 saturated carbocycles. The van der Waals surface area contributed by atoms with Gasteiger partial charge in [-0.15, -0.1) is 10.2 Å². The maximum absolute atomic E-state index is 13.5. The van der Waals surface area contributed by atoms with Crippen molar-refractivity contribution in [2.75, 3.05) is 12.4 Å². The predicted octanol–water partition coefficient (Wildman–Crippen LogP) is 4.45. The van der Waals surface area contributed by atoms with Crippen LogP contribution in [0.4, 0.5) is 4.39 Å². The molecule has 3 aromatic rings. The van der Waals surface area contributed by atoms with E-state index in [1.807, 2.05) is 35.9 Å². The first-order chi connectivity index (χ1) is 11.6. The molecule has 0 radical (unpaired) electrons. The van der Waals surface area contributed by atoms with Crippen LogP contribution in [0.5, 0.6) is 5.75 Å². The van der Waals surface area contributed by atoms with Crippen molar-refractivity contribution < 1.29 is 9.13 Å². The Morgan fingerprint density at radius 3 is 2.62 bits per heavy atom. The summed E-state index contributed by atoms with van der Waals surface area (Å²) in [5, 5.41) is 9.86. The van der Waals surface area contributed by atoms with E-state index < -0.39 is 0 Å². The minimum absolute atomic E-state index is 0.262. The summed E-state index contributed by atoms with van der Waals surface area (Å²) in [5.41, 5.74) is 0.948. The molecule has 0 spiro atoms. The zero-order chi connectivity index (χ0) is 16.9. The van der Waals surface area contributed by atoms with Gasteiger partial charge in [-0.1, -0.05) is 35.5 Å². The van der Waals surface area contributed by atoms with E-state index >= 15 is 0 Å². The number of benzene rings is 2. The van der Waals surface area contributed by atoms with Crippen molar-refractivity contribution in [1.29, 1.82) is 0 Å². The van der Waals surface area contributed by atoms with Gasteiger partial charge in [0.05, 0.1) is 6.61 Å². The second-order valence-corrected chi connectivity index (χ2v) is 6.50. The fraction of sp³-hybridized carbons (Fsp3) is 0.176. The highest BCUT2D eigenvalue weighted by atomic mass is 35.5. The molecule has 0 bridgehead atoms. The van der Waals surface area contributed by atoms with Gasteiger partial charge in [0.25, 0.3) is 0 Å². The monoisotopic (exact) mass is 363 g/mol. The number of halogens is 2. The minimum atomic E-state index is -0.355. The third-order valence-electron chi connectivity index (χ3n) is 3.35. The normalized spacial score (nSPS) is 10.8. The van der Waals surface area contributed by atoms with Crippen LogP contribution in [0.2, 0.25) is 5.02 Å². The molecule has 0 amide bonds. The van der Waals surface area contributed by atoms with Gasteiger partial charge in [0, 0.05) is 23.4 Å². The van der Waals surface area contributed by atoms with Gasteiger partial charge in [-0.25, -0.2) is 4.39 Å². The molecule has 0 atom stereocenters. The number of aromatic nitrogens is 3. The lowest BCUT2D eigenvalue weighted by Crippen LogP contribution is -2.03. The van der Waals surface area contributed by atoms with E-state index in [2.05, 4.69) is 10.2 Å². The van der Waals surface area contributed by atoms with Crippen LogP contribution >= 0.6 is 23.4 Å². The Kier molecular flexibility index (Phi) is 5.37. The van der Waals surface area contributed by atoms with Gasteiger partial charge in [0.15, 0.2) is 22.5 Å². The smallest absolute Gasteiger partial charge is 0.191 e. The maximum Gasteiger partial charge on any atom is 0.191 e. The Morgan fingerprint density at radius 1 is 1.12 bits per heavy atom. The number of thioether (sulfide) groups is 1. The van der Waals surface area contributed by atoms with Crippen molar-refractivity contribution in [3.8, 4) is 17.1 Å². The highest BCUT2D eigenvalue weighted by Crippen LogP contribution is 2.24. The molecular weight excluding hydrogens is 349 g/mol. The van der Waals surface area contributed by atoms with Crippen LogP contribution in [0.3, 0.4) is 0 Å². The minimum Gasteiger partial charge on any atom is -0.490 e. The average Bonchev–Trinajstić information content (AvgIpc) is 2.95. The van der Waals surface area contributed by atoms with E-state index in [-0.39, 0.29) is 11.6 Å². The fourth-order valence-electron chi connectivity index (χ4n) is 2.14. The summed E-state index contributed by atoms with van der Waals surface area (Å²) in [6, 6.07) is 13.8. The zero-order valence-corrected chi connectivity index (χ0v) is 14.5. The largest absolute Gasteiger partial charge is 0.490 e. The molecule has 1 aromatic heterocycles. The van der Waals surface area contributed by atoms with Crippen molar-refractivity contribution >= 4 is 23.4 Å². The molecule has 7 heteroatoms. The van der Waals surface area contributed by atoms with Gasteiger partial charge < -0.3 is 9.30 Å². The number of nitrogens with zero attached hydrogens (tertiary/aromatic N) is 3. The van der Waals surface area contributed by atoms with Crippen LogP contribution in [-0.2, 0) is 7.05 Å². The predicted molar refractivity (Wildman–Crippen MR) is 94.1 cm³/mol. The van der Waals surface area contributed by atoms with Crippen molar-refractivity contribution in [3.05, 3.63) is 59.4 Å². The van der Waals surface area contributed by atoms with Gasteiger partial charge in [0.2, 0.25) is 0 Å². The molecule has 0 unspecified atom stereocenters. The Bertz CT molecular complexity index is 823. The van der Waals surface area contributed by atoms with Crippen LogP contribution in [0.25, 0.3) is 11.4 Å². The summed E-state index contributed by atoms with van der Waals surface area (Å²) >= 11 is 7.41. The number of rotatable bonds is 6. The third kappa shape index (κ3) is 3.88. The second-order valence-electron chi connectivity index (χ2n) is 5.00. The Morgan fingerprint density at radius 2 is 1.88 bits per heavy atom. The van der Waals surface area contributed by atoms with E-state index in [0.29, 0.717) is 17.4 Å². The summed E-state index contributed by atoms with van der Waals surface area (Å²) in [4.78, 5) is 0. The quantitative estimate of drug-likeness (QED) is 0.479. The first kappa shape index (κ1) is 16.8. The van der Waals surface area contributed by atoms with Crippen LogP contribution in [-0.4, -0.2) is 27.1 Å². The number of para-hydroxylation sites is 1. The lowest BCUT2D eigenvalue weighted by Gasteiger charge is -2.07. The molecule has 0 aliphatic heterocycles. The average molecular weight is 364 g/mol. The van der Waals surface area contributed by atoms with Crippen LogP contribution < -0.4 is 4.74 Å². The Labute approximate surface area is 148 Å². The van der Waals surface area contributed by atoms with Crippen LogP contribution in [0.15, 0.2) is 53.7 Å². The molecular formula is C17H15ClFN3OS. The molecule has 0 saturated heterocycles. The van der Waals surface area contributed by atoms with Crippen molar-refractivity contribution in [1.82, 2.24) is 14.8 Å². The van der Waals surface area contributed by atoms with Crippen molar-refractivity contribution in [2.24, 2.45) is 7.05 Å². The molecule has 0 aliphatic carbocycles. The highest BCUT2D eigenvalue weighted by molar-refractivity contribution is 7.99. The second kappa shape index (κ2) is 7.68. The van der Waals surface area contributed by atoms with Gasteiger partial charge >= 0.3 is 0 Å². The van der Waals surface area contributed by atoms with Crippen molar-refractivity contribution in [3.63, 3.8) is 0 Å². The first-order valence-electron chi connectivity index (χ1n) is 7.30. The van der Waals surface area contributed by atoms with Gasteiger partial charge in [-0.2, -0.15) is 0 Å². The highest BCUT2D eigenvalue weighted by Gasteiger charge is 2.11. The molecule has 24 heavy (non-hydrogen) atoms. The number of hydrogen-bond acceptors (Lipinski definition) is 4. The lowest BCUT2D eigenvalue weighted by atomic mass is 10.2. The molecule has 4 nitrogen and oxygen atoms in total. The number of hydrogen-bond donors (Lipinski definition) is 0. The molecule has 0 N–H and O–H groups in total. The summed E-state index contributed by atoms with van der Waals surface area (Å²) in [6.45, 7) is 0.384. The Hall–Kier alpha value is -2.05. The first-order valence-corrected chi connectivity index (χ1v) is 8.67. The molecule has 124 valence electrons. The van der Waals surface area contributed by atoms with Crippen LogP contribution in [0.1, 0.15) is 0 Å². The topological polar surface area (TPSA) is 39.9 Å². The van der Waals surface area contributed by atoms with E-state index in [4.69, 9.17) is 16.3 Å². The van der Waals surface area contributed by atoms with E-state index in [9.17, 15) is 4.39 Å². The summed E-state index contributed by atoms with van der Waals surface area (Å²) < 4.78 is 20.8. The zero-order valence-electron chi connectivity index (χ0n) is 12.9. The summed E-state index contributed by atoms with van der Waals surface area (Å²) in [7, 11) is 1.91. The molecule has 1 heterocycles.